The third kappa shape index (κ3) is 5.64. The molecule has 0 radical (unpaired) electrons. The van der Waals surface area contributed by atoms with E-state index in [4.69, 9.17) is 4.74 Å². The van der Waals surface area contributed by atoms with Crippen LogP contribution in [0.4, 0.5) is 20.6 Å². The second kappa shape index (κ2) is 9.14. The van der Waals surface area contributed by atoms with Gasteiger partial charge in [-0.15, -0.1) is 0 Å². The third-order valence-corrected chi connectivity index (χ3v) is 4.96. The molecule has 3 amide bonds. The summed E-state index contributed by atoms with van der Waals surface area (Å²) in [5.41, 5.74) is 0.300. The highest BCUT2D eigenvalue weighted by atomic mass is 19.1. The molecule has 27 heavy (non-hydrogen) atoms. The molecule has 0 spiro atoms. The smallest absolute Gasteiger partial charge is 0.319 e. The van der Waals surface area contributed by atoms with Crippen molar-refractivity contribution in [2.24, 2.45) is 5.92 Å². The molecule has 1 aromatic carbocycles. The van der Waals surface area contributed by atoms with Gasteiger partial charge in [-0.3, -0.25) is 4.79 Å². The van der Waals surface area contributed by atoms with E-state index >= 15 is 0 Å². The summed E-state index contributed by atoms with van der Waals surface area (Å²) in [6.07, 6.45) is 1.67. The Morgan fingerprint density at radius 3 is 2.48 bits per heavy atom. The Morgan fingerprint density at radius 2 is 1.89 bits per heavy atom. The monoisotopic (exact) mass is 380 g/mol. The summed E-state index contributed by atoms with van der Waals surface area (Å²) in [6.45, 7) is 5.25. The Bertz CT molecular complexity index is 673. The van der Waals surface area contributed by atoms with Crippen LogP contribution in [0.2, 0.25) is 0 Å². The number of hydrogen-bond donors (Lipinski definition) is 3. The normalized spacial score (nSPS) is 16.3. The average Bonchev–Trinajstić information content (AvgIpc) is 2.63. The summed E-state index contributed by atoms with van der Waals surface area (Å²) in [5, 5.41) is 8.10. The molecule has 1 aliphatic rings. The van der Waals surface area contributed by atoms with Crippen molar-refractivity contribution in [3.05, 3.63) is 24.0 Å². The van der Waals surface area contributed by atoms with Gasteiger partial charge in [0.15, 0.2) is 0 Å². The van der Waals surface area contributed by atoms with Crippen LogP contribution in [-0.2, 0) is 9.53 Å². The number of benzene rings is 1. The topological polar surface area (TPSA) is 82.7 Å². The molecule has 0 unspecified atom stereocenters. The van der Waals surface area contributed by atoms with Crippen LogP contribution >= 0.6 is 0 Å². The van der Waals surface area contributed by atoms with E-state index in [0.717, 1.165) is 12.8 Å². The molecule has 0 saturated carbocycles. The van der Waals surface area contributed by atoms with E-state index in [1.165, 1.54) is 18.2 Å². The zero-order valence-corrected chi connectivity index (χ0v) is 16.4. The van der Waals surface area contributed by atoms with Crippen LogP contribution in [0, 0.1) is 11.7 Å². The first-order valence-electron chi connectivity index (χ1n) is 9.14. The van der Waals surface area contributed by atoms with E-state index in [0.29, 0.717) is 25.4 Å². The summed E-state index contributed by atoms with van der Waals surface area (Å²) in [4.78, 5) is 26.2. The molecular weight excluding hydrogens is 351 g/mol. The number of ether oxygens (including phenoxy) is 1. The van der Waals surface area contributed by atoms with Gasteiger partial charge in [-0.2, -0.15) is 0 Å². The van der Waals surface area contributed by atoms with Gasteiger partial charge in [-0.25, -0.2) is 9.18 Å². The maximum Gasteiger partial charge on any atom is 0.319 e. The van der Waals surface area contributed by atoms with Gasteiger partial charge in [0.05, 0.1) is 5.69 Å². The van der Waals surface area contributed by atoms with Crippen molar-refractivity contribution in [3.63, 3.8) is 0 Å². The predicted molar refractivity (Wildman–Crippen MR) is 103 cm³/mol. The van der Waals surface area contributed by atoms with Crippen molar-refractivity contribution >= 4 is 23.3 Å². The number of nitrogens with zero attached hydrogens (tertiary/aromatic N) is 1. The minimum atomic E-state index is -0.552. The predicted octanol–water partition coefficient (Wildman–Crippen LogP) is 2.65. The van der Waals surface area contributed by atoms with Crippen LogP contribution in [0.25, 0.3) is 0 Å². The van der Waals surface area contributed by atoms with Crippen LogP contribution in [0.15, 0.2) is 18.2 Å². The van der Waals surface area contributed by atoms with Crippen molar-refractivity contribution < 1.29 is 18.7 Å². The maximum atomic E-state index is 13.9. The summed E-state index contributed by atoms with van der Waals surface area (Å²) in [5.74, 6) is -1.11. The molecule has 1 heterocycles. The van der Waals surface area contributed by atoms with Gasteiger partial charge in [-0.05, 0) is 45.1 Å². The zero-order valence-electron chi connectivity index (χ0n) is 16.4. The molecule has 1 fully saturated rings. The number of halogens is 1. The first-order valence-corrected chi connectivity index (χ1v) is 9.14. The maximum absolute atomic E-state index is 13.9. The number of amides is 3. The molecule has 0 atom stereocenters. The number of carbonyl (C=O) groups is 2. The Labute approximate surface area is 159 Å². The van der Waals surface area contributed by atoms with Crippen molar-refractivity contribution in [3.8, 4) is 0 Å². The molecule has 7 nitrogen and oxygen atoms in total. The SMILES string of the molecule is CC(C)C(=O)Nc1cc(NC(=O)NCC2(N(C)C)CCOCC2)ccc1F. The van der Waals surface area contributed by atoms with E-state index in [-0.39, 0.29) is 29.1 Å². The van der Waals surface area contributed by atoms with Gasteiger partial charge >= 0.3 is 6.03 Å². The van der Waals surface area contributed by atoms with Gasteiger partial charge in [0.2, 0.25) is 5.91 Å². The third-order valence-electron chi connectivity index (χ3n) is 4.96. The van der Waals surface area contributed by atoms with Crippen LogP contribution in [-0.4, -0.2) is 56.2 Å². The van der Waals surface area contributed by atoms with E-state index in [9.17, 15) is 14.0 Å². The van der Waals surface area contributed by atoms with Crippen molar-refractivity contribution in [2.45, 2.75) is 32.2 Å². The number of rotatable bonds is 6. The first-order chi connectivity index (χ1) is 12.7. The molecule has 1 aromatic rings. The Morgan fingerprint density at radius 1 is 1.22 bits per heavy atom. The van der Waals surface area contributed by atoms with E-state index in [2.05, 4.69) is 20.9 Å². The minimum absolute atomic E-state index is 0.0423. The molecule has 8 heteroatoms. The summed E-state index contributed by atoms with van der Waals surface area (Å²) in [7, 11) is 3.99. The zero-order chi connectivity index (χ0) is 20.0. The van der Waals surface area contributed by atoms with Gasteiger partial charge < -0.3 is 25.6 Å². The van der Waals surface area contributed by atoms with Crippen molar-refractivity contribution in [2.75, 3.05) is 44.5 Å². The lowest BCUT2D eigenvalue weighted by atomic mass is 9.88. The van der Waals surface area contributed by atoms with Gasteiger partial charge in [0, 0.05) is 36.9 Å². The number of nitrogens with one attached hydrogen (secondary N) is 3. The Kier molecular flexibility index (Phi) is 7.15. The number of hydrogen-bond acceptors (Lipinski definition) is 4. The van der Waals surface area contributed by atoms with Crippen LogP contribution in [0.3, 0.4) is 0 Å². The summed E-state index contributed by atoms with van der Waals surface area (Å²) < 4.78 is 19.3. The second-order valence-corrected chi connectivity index (χ2v) is 7.38. The average molecular weight is 380 g/mol. The van der Waals surface area contributed by atoms with E-state index < -0.39 is 5.82 Å². The lowest BCUT2D eigenvalue weighted by Crippen LogP contribution is -2.56. The summed E-state index contributed by atoms with van der Waals surface area (Å²) >= 11 is 0. The van der Waals surface area contributed by atoms with Gasteiger partial charge in [-0.1, -0.05) is 13.8 Å². The lowest BCUT2D eigenvalue weighted by molar-refractivity contribution is -0.118. The lowest BCUT2D eigenvalue weighted by Gasteiger charge is -2.42. The highest BCUT2D eigenvalue weighted by Gasteiger charge is 2.35. The van der Waals surface area contributed by atoms with E-state index in [1.54, 1.807) is 13.8 Å². The quantitative estimate of drug-likeness (QED) is 0.709. The number of anilines is 2. The first kappa shape index (κ1) is 21.1. The number of urea groups is 1. The fourth-order valence-electron chi connectivity index (χ4n) is 2.93. The number of likely N-dealkylation sites (N-methyl/N-ethyl adjacent to an activating group) is 1. The largest absolute Gasteiger partial charge is 0.381 e. The summed E-state index contributed by atoms with van der Waals surface area (Å²) in [6, 6.07) is 3.70. The molecular formula is C19H29FN4O3. The van der Waals surface area contributed by atoms with E-state index in [1.807, 2.05) is 14.1 Å². The molecule has 150 valence electrons. The molecule has 3 N–H and O–H groups in total. The van der Waals surface area contributed by atoms with Crippen LogP contribution < -0.4 is 16.0 Å². The molecule has 2 rings (SSSR count). The minimum Gasteiger partial charge on any atom is -0.381 e. The molecule has 0 bridgehead atoms. The molecule has 0 aromatic heterocycles. The van der Waals surface area contributed by atoms with Crippen molar-refractivity contribution in [1.82, 2.24) is 10.2 Å². The van der Waals surface area contributed by atoms with Gasteiger partial charge in [0.25, 0.3) is 0 Å². The van der Waals surface area contributed by atoms with Crippen molar-refractivity contribution in [1.29, 1.82) is 0 Å². The number of carbonyl (C=O) groups excluding carboxylic acids is 2. The standard InChI is InChI=1S/C19H29FN4O3/c1-13(2)17(25)23-16-11-14(5-6-15(16)20)22-18(26)21-12-19(24(3)4)7-9-27-10-8-19/h5-6,11,13H,7-10,12H2,1-4H3,(H,23,25)(H2,21,22,26). The fourth-order valence-corrected chi connectivity index (χ4v) is 2.93. The second-order valence-electron chi connectivity index (χ2n) is 7.38. The fraction of sp³-hybridized carbons (Fsp3) is 0.579. The highest BCUT2D eigenvalue weighted by molar-refractivity contribution is 5.94. The highest BCUT2D eigenvalue weighted by Crippen LogP contribution is 2.25. The molecule has 0 aliphatic carbocycles. The molecule has 1 saturated heterocycles. The van der Waals surface area contributed by atoms with Gasteiger partial charge in [0.1, 0.15) is 5.82 Å². The Hall–Kier alpha value is -2.19. The molecule has 1 aliphatic heterocycles. The van der Waals surface area contributed by atoms with Crippen LogP contribution in [0.1, 0.15) is 26.7 Å². The van der Waals surface area contributed by atoms with Crippen LogP contribution in [0.5, 0.6) is 0 Å². The Balaban J connectivity index is 1.98.